The molecular weight excluding hydrogens is 380 g/mol. The molecule has 0 unspecified atom stereocenters. The van der Waals surface area contributed by atoms with Crippen LogP contribution in [0, 0.1) is 13.8 Å². The van der Waals surface area contributed by atoms with Crippen LogP contribution in [0.4, 0.5) is 11.4 Å². The highest BCUT2D eigenvalue weighted by Gasteiger charge is 2.14. The van der Waals surface area contributed by atoms with Crippen LogP contribution in [0.1, 0.15) is 56.2 Å². The minimum Gasteiger partial charge on any atom is -0.326 e. The first-order valence-corrected chi connectivity index (χ1v) is 11.2. The summed E-state index contributed by atoms with van der Waals surface area (Å²) in [7, 11) is 0. The average molecular weight is 413 g/mol. The molecule has 0 saturated carbocycles. The maximum Gasteiger partial charge on any atom is 0.237 e. The molecule has 2 aromatic carbocycles. The van der Waals surface area contributed by atoms with Crippen molar-refractivity contribution in [3.05, 3.63) is 59.2 Å². The summed E-state index contributed by atoms with van der Waals surface area (Å²) in [6.45, 7) is 10.2. The van der Waals surface area contributed by atoms with E-state index < -0.39 is 0 Å². The molecule has 0 bridgehead atoms. The minimum absolute atomic E-state index is 0.00714. The maximum atomic E-state index is 12.4. The molecule has 1 atom stereocenters. The van der Waals surface area contributed by atoms with E-state index >= 15 is 0 Å². The van der Waals surface area contributed by atoms with Gasteiger partial charge in [0.1, 0.15) is 0 Å². The smallest absolute Gasteiger partial charge is 0.237 e. The van der Waals surface area contributed by atoms with Crippen LogP contribution >= 0.6 is 11.8 Å². The Morgan fingerprint density at radius 3 is 2.14 bits per heavy atom. The van der Waals surface area contributed by atoms with E-state index in [1.54, 1.807) is 11.8 Å². The van der Waals surface area contributed by atoms with Gasteiger partial charge in [0.15, 0.2) is 0 Å². The Morgan fingerprint density at radius 2 is 1.55 bits per heavy atom. The molecule has 2 N–H and O–H groups in total. The van der Waals surface area contributed by atoms with Crippen LogP contribution in [0.2, 0.25) is 0 Å². The molecule has 4 nitrogen and oxygen atoms in total. The number of carbonyl (C=O) groups is 2. The molecule has 0 radical (unpaired) electrons. The summed E-state index contributed by atoms with van der Waals surface area (Å²) < 4.78 is 0. The third-order valence-corrected chi connectivity index (χ3v) is 6.11. The van der Waals surface area contributed by atoms with E-state index in [4.69, 9.17) is 0 Å². The van der Waals surface area contributed by atoms with Gasteiger partial charge < -0.3 is 10.6 Å². The molecule has 0 heterocycles. The van der Waals surface area contributed by atoms with Crippen LogP contribution < -0.4 is 10.6 Å². The number of para-hydroxylation sites is 1. The van der Waals surface area contributed by atoms with Crippen LogP contribution in [0.25, 0.3) is 0 Å². The van der Waals surface area contributed by atoms with Crippen molar-refractivity contribution in [2.24, 2.45) is 0 Å². The van der Waals surface area contributed by atoms with E-state index in [0.29, 0.717) is 12.3 Å². The molecule has 156 valence electrons. The lowest BCUT2D eigenvalue weighted by molar-refractivity contribution is -0.116. The molecule has 0 saturated heterocycles. The van der Waals surface area contributed by atoms with E-state index in [1.807, 2.05) is 63.2 Å². The predicted octanol–water partition coefficient (Wildman–Crippen LogP) is 5.91. The molecule has 2 amide bonds. The van der Waals surface area contributed by atoms with Crippen LogP contribution in [0.15, 0.2) is 42.5 Å². The molecular formula is C24H32N2O2S. The van der Waals surface area contributed by atoms with Gasteiger partial charge in [-0.1, -0.05) is 44.2 Å². The number of aryl methyl sites for hydroxylation is 2. The SMILES string of the molecule is Cc1cccc(C)c1NC(=O)CCCS[C@@H](C)C(=O)Nc1ccc(C(C)C)cc1. The fourth-order valence-corrected chi connectivity index (χ4v) is 3.85. The molecule has 0 fully saturated rings. The third kappa shape index (κ3) is 7.24. The Bertz CT molecular complexity index is 811. The normalized spacial score (nSPS) is 11.9. The van der Waals surface area contributed by atoms with Crippen LogP contribution in [0.3, 0.4) is 0 Å². The van der Waals surface area contributed by atoms with Crippen molar-refractivity contribution in [1.29, 1.82) is 0 Å². The van der Waals surface area contributed by atoms with Crippen LogP contribution in [-0.2, 0) is 9.59 Å². The van der Waals surface area contributed by atoms with Crippen molar-refractivity contribution < 1.29 is 9.59 Å². The standard InChI is InChI=1S/C24H32N2O2S/c1-16(2)20-11-13-21(14-12-20)25-24(28)19(5)29-15-7-10-22(27)26-23-17(3)8-6-9-18(23)4/h6,8-9,11-14,16,19H,7,10,15H2,1-5H3,(H,25,28)(H,26,27)/t19-/m0/s1. The Kier molecular flexibility index (Phi) is 8.77. The summed E-state index contributed by atoms with van der Waals surface area (Å²) in [5, 5.41) is 5.81. The second-order valence-electron chi connectivity index (χ2n) is 7.70. The molecule has 0 aliphatic carbocycles. The number of thioether (sulfide) groups is 1. The predicted molar refractivity (Wildman–Crippen MR) is 125 cm³/mol. The quantitative estimate of drug-likeness (QED) is 0.504. The van der Waals surface area contributed by atoms with Gasteiger partial charge in [0.25, 0.3) is 0 Å². The van der Waals surface area contributed by atoms with Crippen molar-refractivity contribution in [3.8, 4) is 0 Å². The molecule has 0 aromatic heterocycles. The van der Waals surface area contributed by atoms with Gasteiger partial charge in [-0.15, -0.1) is 11.8 Å². The Hall–Kier alpha value is -2.27. The zero-order chi connectivity index (χ0) is 21.4. The number of amides is 2. The zero-order valence-corrected chi connectivity index (χ0v) is 18.9. The van der Waals surface area contributed by atoms with Gasteiger partial charge in [-0.05, 0) is 67.7 Å². The number of hydrogen-bond donors (Lipinski definition) is 2. The second-order valence-corrected chi connectivity index (χ2v) is 9.15. The van der Waals surface area contributed by atoms with Crippen molar-refractivity contribution >= 4 is 35.0 Å². The summed E-state index contributed by atoms with van der Waals surface area (Å²) >= 11 is 1.57. The van der Waals surface area contributed by atoms with Gasteiger partial charge in [0.05, 0.1) is 5.25 Å². The summed E-state index contributed by atoms with van der Waals surface area (Å²) in [4.78, 5) is 24.6. The maximum absolute atomic E-state index is 12.4. The van der Waals surface area contributed by atoms with Crippen LogP contribution in [0.5, 0.6) is 0 Å². The first-order valence-electron chi connectivity index (χ1n) is 10.2. The summed E-state index contributed by atoms with van der Waals surface area (Å²) in [5.74, 6) is 1.25. The Balaban J connectivity index is 1.71. The van der Waals surface area contributed by atoms with Crippen molar-refractivity contribution in [3.63, 3.8) is 0 Å². The fraction of sp³-hybridized carbons (Fsp3) is 0.417. The number of rotatable bonds is 9. The van der Waals surface area contributed by atoms with Gasteiger partial charge in [-0.25, -0.2) is 0 Å². The fourth-order valence-electron chi connectivity index (χ4n) is 2.98. The molecule has 2 aromatic rings. The van der Waals surface area contributed by atoms with Crippen molar-refractivity contribution in [2.75, 3.05) is 16.4 Å². The third-order valence-electron chi connectivity index (χ3n) is 4.88. The highest BCUT2D eigenvalue weighted by Crippen LogP contribution is 2.21. The Labute approximate surface area is 178 Å². The topological polar surface area (TPSA) is 58.2 Å². The number of carbonyl (C=O) groups excluding carboxylic acids is 2. The van der Waals surface area contributed by atoms with E-state index in [9.17, 15) is 9.59 Å². The van der Waals surface area contributed by atoms with Crippen molar-refractivity contribution in [2.45, 2.75) is 58.6 Å². The lowest BCUT2D eigenvalue weighted by Crippen LogP contribution is -2.23. The van der Waals surface area contributed by atoms with Gasteiger partial charge in [0.2, 0.25) is 11.8 Å². The van der Waals surface area contributed by atoms with Gasteiger partial charge in [-0.2, -0.15) is 0 Å². The van der Waals surface area contributed by atoms with Crippen LogP contribution in [-0.4, -0.2) is 22.8 Å². The first-order chi connectivity index (χ1) is 13.8. The average Bonchev–Trinajstić information content (AvgIpc) is 2.68. The largest absolute Gasteiger partial charge is 0.326 e. The number of anilines is 2. The minimum atomic E-state index is -0.165. The first kappa shape index (κ1) is 23.0. The Morgan fingerprint density at radius 1 is 0.931 bits per heavy atom. The highest BCUT2D eigenvalue weighted by atomic mass is 32.2. The van der Waals surface area contributed by atoms with Crippen molar-refractivity contribution in [1.82, 2.24) is 0 Å². The molecule has 0 aliphatic heterocycles. The van der Waals surface area contributed by atoms with Gasteiger partial charge >= 0.3 is 0 Å². The highest BCUT2D eigenvalue weighted by molar-refractivity contribution is 8.00. The van der Waals surface area contributed by atoms with Gasteiger partial charge in [-0.3, -0.25) is 9.59 Å². The molecule has 0 aliphatic rings. The molecule has 2 rings (SSSR count). The van der Waals surface area contributed by atoms with E-state index in [1.165, 1.54) is 5.56 Å². The number of nitrogens with one attached hydrogen (secondary N) is 2. The summed E-state index contributed by atoms with van der Waals surface area (Å²) in [6.07, 6.45) is 1.19. The molecule has 0 spiro atoms. The summed E-state index contributed by atoms with van der Waals surface area (Å²) in [6, 6.07) is 14.0. The lowest BCUT2D eigenvalue weighted by Gasteiger charge is -2.13. The van der Waals surface area contributed by atoms with E-state index in [2.05, 4.69) is 24.5 Å². The van der Waals surface area contributed by atoms with E-state index in [0.717, 1.165) is 34.7 Å². The number of benzene rings is 2. The monoisotopic (exact) mass is 412 g/mol. The second kappa shape index (κ2) is 11.1. The lowest BCUT2D eigenvalue weighted by atomic mass is 10.0. The number of hydrogen-bond acceptors (Lipinski definition) is 3. The van der Waals surface area contributed by atoms with E-state index in [-0.39, 0.29) is 17.1 Å². The summed E-state index contributed by atoms with van der Waals surface area (Å²) in [5.41, 5.74) is 5.12. The van der Waals surface area contributed by atoms with Gasteiger partial charge in [0, 0.05) is 17.8 Å². The molecule has 5 heteroatoms. The zero-order valence-electron chi connectivity index (χ0n) is 18.0. The molecule has 29 heavy (non-hydrogen) atoms.